The van der Waals surface area contributed by atoms with Gasteiger partial charge in [-0.2, -0.15) is 0 Å². The largest absolute Gasteiger partial charge is 0.364 e. The van der Waals surface area contributed by atoms with Gasteiger partial charge in [0.2, 0.25) is 0 Å². The van der Waals surface area contributed by atoms with Gasteiger partial charge in [0, 0.05) is 17.8 Å². The fourth-order valence-corrected chi connectivity index (χ4v) is 2.29. The number of rotatable bonds is 7. The molecule has 2 aromatic carbocycles. The molecule has 2 heteroatoms. The van der Waals surface area contributed by atoms with Gasteiger partial charge in [-0.25, -0.2) is 0 Å². The van der Waals surface area contributed by atoms with Gasteiger partial charge in [-0.1, -0.05) is 61.4 Å². The van der Waals surface area contributed by atoms with Crippen LogP contribution in [0.1, 0.15) is 35.7 Å². The molecule has 110 valence electrons. The van der Waals surface area contributed by atoms with Gasteiger partial charge >= 0.3 is 0 Å². The number of hydrogen-bond acceptors (Lipinski definition) is 2. The lowest BCUT2D eigenvalue weighted by atomic mass is 10.1. The number of carbonyl (C=O) groups is 1. The minimum absolute atomic E-state index is 0.176. The lowest BCUT2D eigenvalue weighted by molar-refractivity contribution is 0.0999. The van der Waals surface area contributed by atoms with Crippen molar-refractivity contribution in [3.8, 4) is 0 Å². The molecule has 0 unspecified atom stereocenters. The maximum atomic E-state index is 12.5. The van der Waals surface area contributed by atoms with Crippen LogP contribution in [-0.2, 0) is 0 Å². The summed E-state index contributed by atoms with van der Waals surface area (Å²) in [6.07, 6.45) is 2.22. The first-order valence-electron chi connectivity index (χ1n) is 7.60. The molecule has 2 nitrogen and oxygen atoms in total. The van der Waals surface area contributed by atoms with Crippen LogP contribution in [0, 0.1) is 6.92 Å². The molecule has 0 aromatic heterocycles. The van der Waals surface area contributed by atoms with Crippen molar-refractivity contribution in [3.63, 3.8) is 0 Å². The molecule has 21 heavy (non-hydrogen) atoms. The fraction of sp³-hybridized carbons (Fsp3) is 0.316. The molecule has 0 aliphatic rings. The molecule has 0 N–H and O–H groups in total. The molecule has 2 rings (SSSR count). The summed E-state index contributed by atoms with van der Waals surface area (Å²) in [4.78, 5) is 14.6. The van der Waals surface area contributed by atoms with Crippen LogP contribution in [0.25, 0.3) is 0 Å². The number of ketones is 1. The number of anilines is 1. The minimum atomic E-state index is 0.176. The Hall–Kier alpha value is -2.09. The van der Waals surface area contributed by atoms with E-state index in [2.05, 4.69) is 24.0 Å². The molecule has 0 radical (unpaired) electrons. The highest BCUT2D eigenvalue weighted by atomic mass is 16.1. The lowest BCUT2D eigenvalue weighted by Crippen LogP contribution is -2.30. The maximum Gasteiger partial charge on any atom is 0.182 e. The second-order valence-corrected chi connectivity index (χ2v) is 5.40. The molecule has 0 atom stereocenters. The van der Waals surface area contributed by atoms with Gasteiger partial charge in [-0.05, 0) is 25.5 Å². The monoisotopic (exact) mass is 281 g/mol. The standard InChI is InChI=1S/C19H23NO/c1-3-4-14-20(18-8-6-5-7-9-18)15-19(21)17-12-10-16(2)11-13-17/h5-13H,3-4,14-15H2,1-2H3. The van der Waals surface area contributed by atoms with Crippen molar-refractivity contribution in [3.05, 3.63) is 65.7 Å². The number of para-hydroxylation sites is 1. The predicted octanol–water partition coefficient (Wildman–Crippen LogP) is 4.48. The summed E-state index contributed by atoms with van der Waals surface area (Å²) < 4.78 is 0. The van der Waals surface area contributed by atoms with Crippen LogP contribution in [-0.4, -0.2) is 18.9 Å². The molecule has 0 bridgehead atoms. The lowest BCUT2D eigenvalue weighted by Gasteiger charge is -2.24. The van der Waals surface area contributed by atoms with Crippen LogP contribution in [0.4, 0.5) is 5.69 Å². The van der Waals surface area contributed by atoms with Crippen LogP contribution in [0.5, 0.6) is 0 Å². The molecular weight excluding hydrogens is 258 g/mol. The molecule has 0 amide bonds. The maximum absolute atomic E-state index is 12.5. The van der Waals surface area contributed by atoms with Gasteiger partial charge in [0.05, 0.1) is 6.54 Å². The number of Topliss-reactive ketones (excluding diaryl/α,β-unsaturated/α-hetero) is 1. The summed E-state index contributed by atoms with van der Waals surface area (Å²) >= 11 is 0. The van der Waals surface area contributed by atoms with E-state index in [1.165, 1.54) is 5.56 Å². The second kappa shape index (κ2) is 7.63. The first-order valence-corrected chi connectivity index (χ1v) is 7.60. The number of unbranched alkanes of at least 4 members (excludes halogenated alkanes) is 1. The molecule has 0 spiro atoms. The van der Waals surface area contributed by atoms with Crippen LogP contribution >= 0.6 is 0 Å². The normalized spacial score (nSPS) is 10.4. The summed E-state index contributed by atoms with van der Waals surface area (Å²) in [6.45, 7) is 5.56. The van der Waals surface area contributed by atoms with E-state index >= 15 is 0 Å². The van der Waals surface area contributed by atoms with Crippen LogP contribution in [0.2, 0.25) is 0 Å². The Balaban J connectivity index is 2.11. The number of carbonyl (C=O) groups excluding carboxylic acids is 1. The SMILES string of the molecule is CCCCN(CC(=O)c1ccc(C)cc1)c1ccccc1. The zero-order valence-electron chi connectivity index (χ0n) is 12.9. The molecule has 0 saturated carbocycles. The van der Waals surface area contributed by atoms with Gasteiger partial charge in [0.1, 0.15) is 0 Å². The Kier molecular flexibility index (Phi) is 5.56. The van der Waals surface area contributed by atoms with Gasteiger partial charge in [0.15, 0.2) is 5.78 Å². The molecule has 0 fully saturated rings. The third-order valence-corrected chi connectivity index (χ3v) is 3.61. The Labute approximate surface area is 127 Å². The molecular formula is C19H23NO. The Morgan fingerprint density at radius 2 is 1.67 bits per heavy atom. The van der Waals surface area contributed by atoms with E-state index in [-0.39, 0.29) is 5.78 Å². The molecule has 0 heterocycles. The number of benzene rings is 2. The highest BCUT2D eigenvalue weighted by molar-refractivity contribution is 5.99. The minimum Gasteiger partial charge on any atom is -0.364 e. The topological polar surface area (TPSA) is 20.3 Å². The Morgan fingerprint density at radius 1 is 1.00 bits per heavy atom. The zero-order chi connectivity index (χ0) is 15.1. The van der Waals surface area contributed by atoms with Crippen molar-refractivity contribution in [1.29, 1.82) is 0 Å². The first-order chi connectivity index (χ1) is 10.2. The molecule has 0 aliphatic carbocycles. The number of nitrogens with zero attached hydrogens (tertiary/aromatic N) is 1. The van der Waals surface area contributed by atoms with E-state index in [0.29, 0.717) is 6.54 Å². The van der Waals surface area contributed by atoms with Crippen molar-refractivity contribution < 1.29 is 4.79 Å². The highest BCUT2D eigenvalue weighted by Crippen LogP contribution is 2.15. The fourth-order valence-electron chi connectivity index (χ4n) is 2.29. The zero-order valence-corrected chi connectivity index (χ0v) is 12.9. The van der Waals surface area contributed by atoms with Crippen LogP contribution < -0.4 is 4.90 Å². The van der Waals surface area contributed by atoms with E-state index < -0.39 is 0 Å². The third-order valence-electron chi connectivity index (χ3n) is 3.61. The third kappa shape index (κ3) is 4.45. The van der Waals surface area contributed by atoms with Crippen LogP contribution in [0.15, 0.2) is 54.6 Å². The van der Waals surface area contributed by atoms with Gasteiger partial charge in [-0.15, -0.1) is 0 Å². The molecule has 0 aliphatic heterocycles. The van der Waals surface area contributed by atoms with E-state index in [4.69, 9.17) is 0 Å². The average molecular weight is 281 g/mol. The summed E-state index contributed by atoms with van der Waals surface area (Å²) in [5.41, 5.74) is 3.09. The van der Waals surface area contributed by atoms with Crippen molar-refractivity contribution in [2.24, 2.45) is 0 Å². The first kappa shape index (κ1) is 15.3. The van der Waals surface area contributed by atoms with Crippen LogP contribution in [0.3, 0.4) is 0 Å². The van der Waals surface area contributed by atoms with Gasteiger partial charge in [-0.3, -0.25) is 4.79 Å². The van der Waals surface area contributed by atoms with Crippen molar-refractivity contribution in [1.82, 2.24) is 0 Å². The smallest absolute Gasteiger partial charge is 0.182 e. The summed E-state index contributed by atoms with van der Waals surface area (Å²) in [6, 6.07) is 18.0. The summed E-state index contributed by atoms with van der Waals surface area (Å²) in [5, 5.41) is 0. The van der Waals surface area contributed by atoms with E-state index in [1.54, 1.807) is 0 Å². The number of aryl methyl sites for hydroxylation is 1. The van der Waals surface area contributed by atoms with Gasteiger partial charge < -0.3 is 4.90 Å². The van der Waals surface area contributed by atoms with E-state index in [9.17, 15) is 4.79 Å². The van der Waals surface area contributed by atoms with Crippen molar-refractivity contribution in [2.75, 3.05) is 18.0 Å². The summed E-state index contributed by atoms with van der Waals surface area (Å²) in [7, 11) is 0. The average Bonchev–Trinajstić information content (AvgIpc) is 2.52. The molecule has 0 saturated heterocycles. The predicted molar refractivity (Wildman–Crippen MR) is 89.1 cm³/mol. The number of hydrogen-bond donors (Lipinski definition) is 0. The molecule has 2 aromatic rings. The van der Waals surface area contributed by atoms with Crippen molar-refractivity contribution in [2.45, 2.75) is 26.7 Å². The summed E-state index contributed by atoms with van der Waals surface area (Å²) in [5.74, 6) is 0.176. The second-order valence-electron chi connectivity index (χ2n) is 5.40. The Bertz CT molecular complexity index is 560. The highest BCUT2D eigenvalue weighted by Gasteiger charge is 2.12. The van der Waals surface area contributed by atoms with Crippen molar-refractivity contribution >= 4 is 11.5 Å². The van der Waals surface area contributed by atoms with E-state index in [0.717, 1.165) is 30.6 Å². The van der Waals surface area contributed by atoms with Gasteiger partial charge in [0.25, 0.3) is 0 Å². The Morgan fingerprint density at radius 3 is 2.29 bits per heavy atom. The van der Waals surface area contributed by atoms with E-state index in [1.807, 2.05) is 49.4 Å². The quantitative estimate of drug-likeness (QED) is 0.697.